The van der Waals surface area contributed by atoms with Gasteiger partial charge < -0.3 is 0 Å². The second-order valence-corrected chi connectivity index (χ2v) is 3.17. The Morgan fingerprint density at radius 1 is 1.00 bits per heavy atom. The van der Waals surface area contributed by atoms with Crippen LogP contribution < -0.4 is 0 Å². The molecule has 0 bridgehead atoms. The third kappa shape index (κ3) is 3.19. The van der Waals surface area contributed by atoms with Crippen LogP contribution in [0.5, 0.6) is 0 Å². The molecule has 0 fully saturated rings. The summed E-state index contributed by atoms with van der Waals surface area (Å²) < 4.78 is 0. The number of nitro benzene ring substituents is 1. The van der Waals surface area contributed by atoms with E-state index in [9.17, 15) is 30.3 Å². The molecule has 9 heteroatoms. The number of benzene rings is 1. The van der Waals surface area contributed by atoms with Crippen LogP contribution in [-0.2, 0) is 0 Å². The van der Waals surface area contributed by atoms with Gasteiger partial charge in [0.1, 0.15) is 0 Å². The van der Waals surface area contributed by atoms with E-state index in [2.05, 4.69) is 0 Å². The Morgan fingerprint density at radius 3 is 1.88 bits per heavy atom. The number of hydrogen-bond acceptors (Lipinski definition) is 6. The SMILES string of the molecule is O=[N+]([O-])c1ccc(C(C[15N+](=O)[O-])[15N+](=O)[O-])cc1. The Labute approximate surface area is 94.1 Å². The second kappa shape index (κ2) is 4.96. The molecule has 0 aliphatic rings. The summed E-state index contributed by atoms with van der Waals surface area (Å²) in [5.41, 5.74) is -0.158. The fourth-order valence-electron chi connectivity index (χ4n) is 1.25. The molecule has 1 aromatic rings. The lowest BCUT2D eigenvalue weighted by molar-refractivity contribution is -0.593. The number of hydrogen-bond donors (Lipinski definition) is 0. The molecule has 0 heterocycles. The number of rotatable bonds is 5. The van der Waals surface area contributed by atoms with Gasteiger partial charge in [-0.3, -0.25) is 30.3 Å². The van der Waals surface area contributed by atoms with Gasteiger partial charge in [-0.2, -0.15) is 0 Å². The summed E-state index contributed by atoms with van der Waals surface area (Å²) in [7, 11) is 0. The largest absolute Gasteiger partial charge is 0.301 e. The lowest BCUT2D eigenvalue weighted by Crippen LogP contribution is -2.20. The third-order valence-corrected chi connectivity index (χ3v) is 2.07. The molecule has 1 aromatic carbocycles. The maximum Gasteiger partial charge on any atom is 0.301 e. The van der Waals surface area contributed by atoms with Crippen molar-refractivity contribution in [3.63, 3.8) is 0 Å². The molecule has 0 saturated carbocycles. The molecule has 0 aliphatic heterocycles. The van der Waals surface area contributed by atoms with Crippen LogP contribution in [0.2, 0.25) is 0 Å². The van der Waals surface area contributed by atoms with E-state index >= 15 is 0 Å². The molecule has 9 nitrogen and oxygen atoms in total. The summed E-state index contributed by atoms with van der Waals surface area (Å²) in [6.45, 7) is -0.856. The fourth-order valence-corrected chi connectivity index (χ4v) is 1.25. The molecule has 1 unspecified atom stereocenters. The first-order valence-electron chi connectivity index (χ1n) is 4.41. The minimum atomic E-state index is -1.49. The molecule has 0 aromatic heterocycles. The summed E-state index contributed by atoms with van der Waals surface area (Å²) in [5, 5.41) is 31.2. The first-order valence-corrected chi connectivity index (χ1v) is 4.41. The third-order valence-electron chi connectivity index (χ3n) is 2.07. The van der Waals surface area contributed by atoms with Crippen LogP contribution in [0, 0.1) is 30.3 Å². The van der Waals surface area contributed by atoms with Crippen molar-refractivity contribution in [1.29, 1.82) is 0 Å². The van der Waals surface area contributed by atoms with E-state index in [4.69, 9.17) is 0 Å². The molecule has 0 saturated heterocycles. The molecule has 1 atom stereocenters. The van der Waals surface area contributed by atoms with Crippen molar-refractivity contribution in [3.8, 4) is 0 Å². The summed E-state index contributed by atoms with van der Waals surface area (Å²) in [6, 6.07) is 2.95. The van der Waals surface area contributed by atoms with Crippen molar-refractivity contribution in [2.45, 2.75) is 6.04 Å². The van der Waals surface area contributed by atoms with Gasteiger partial charge in [-0.25, -0.2) is 0 Å². The van der Waals surface area contributed by atoms with Crippen LogP contribution in [0.4, 0.5) is 5.69 Å². The summed E-state index contributed by atoms with van der Waals surface area (Å²) in [5.74, 6) is 0. The van der Waals surface area contributed by atoms with Gasteiger partial charge in [-0.1, -0.05) is 0 Å². The highest BCUT2D eigenvalue weighted by Crippen LogP contribution is 2.20. The van der Waals surface area contributed by atoms with Crippen molar-refractivity contribution in [2.24, 2.45) is 0 Å². The maximum absolute atomic E-state index is 10.6. The molecular weight excluding hydrogens is 236 g/mol. The number of nitro groups is 3. The van der Waals surface area contributed by atoms with Crippen LogP contribution in [0.1, 0.15) is 11.6 Å². The summed E-state index contributed by atoms with van der Waals surface area (Å²) in [6.07, 6.45) is 0. The van der Waals surface area contributed by atoms with Crippen LogP contribution in [0.25, 0.3) is 0 Å². The van der Waals surface area contributed by atoms with Gasteiger partial charge in [0, 0.05) is 27.5 Å². The van der Waals surface area contributed by atoms with E-state index in [1.807, 2.05) is 0 Å². The summed E-state index contributed by atoms with van der Waals surface area (Å²) >= 11 is 0. The highest BCUT2D eigenvalue weighted by atomic mass is 16.9. The van der Waals surface area contributed by atoms with E-state index in [1.165, 1.54) is 0 Å². The number of nitrogens with zero attached hydrogens (tertiary/aromatic N) is 3. The van der Waals surface area contributed by atoms with Crippen molar-refractivity contribution in [2.75, 3.05) is 6.54 Å². The molecule has 90 valence electrons. The van der Waals surface area contributed by atoms with Crippen LogP contribution in [0.3, 0.4) is 0 Å². The Hall–Kier alpha value is -2.58. The first kappa shape index (κ1) is 12.5. The highest BCUT2D eigenvalue weighted by molar-refractivity contribution is 5.33. The van der Waals surface area contributed by atoms with Crippen LogP contribution >= 0.6 is 0 Å². The topological polar surface area (TPSA) is 129 Å². The zero-order valence-electron chi connectivity index (χ0n) is 8.38. The first-order chi connectivity index (χ1) is 7.91. The molecule has 0 aliphatic carbocycles. The molecule has 1 rings (SSSR count). The normalized spacial score (nSPS) is 11.8. The quantitative estimate of drug-likeness (QED) is 0.433. The smallest absolute Gasteiger partial charge is 0.264 e. The van der Waals surface area contributed by atoms with Gasteiger partial charge in [0.25, 0.3) is 12.2 Å². The van der Waals surface area contributed by atoms with Crippen molar-refractivity contribution in [1.82, 2.24) is 0 Å². The van der Waals surface area contributed by atoms with Crippen molar-refractivity contribution in [3.05, 3.63) is 60.2 Å². The Balaban J connectivity index is 2.99. The zero-order chi connectivity index (χ0) is 13.0. The predicted octanol–water partition coefficient (Wildman–Crippen LogP) is 1.19. The lowest BCUT2D eigenvalue weighted by Gasteiger charge is -2.04. The highest BCUT2D eigenvalue weighted by Gasteiger charge is 2.29. The van der Waals surface area contributed by atoms with Gasteiger partial charge >= 0.3 is 6.04 Å². The molecule has 0 amide bonds. The van der Waals surface area contributed by atoms with E-state index < -0.39 is 27.4 Å². The molecule has 0 radical (unpaired) electrons. The van der Waals surface area contributed by atoms with Gasteiger partial charge in [-0.15, -0.1) is 0 Å². The van der Waals surface area contributed by atoms with Crippen LogP contribution in [-0.4, -0.2) is 21.3 Å². The maximum atomic E-state index is 10.6. The summed E-state index contributed by atoms with van der Waals surface area (Å²) in [4.78, 5) is 29.0. The lowest BCUT2D eigenvalue weighted by atomic mass is 10.1. The van der Waals surface area contributed by atoms with Crippen molar-refractivity contribution < 1.29 is 14.8 Å². The minimum absolute atomic E-state index is 0.0669. The van der Waals surface area contributed by atoms with E-state index in [0.29, 0.717) is 0 Å². The Morgan fingerprint density at radius 2 is 1.53 bits per heavy atom. The van der Waals surface area contributed by atoms with E-state index in [-0.39, 0.29) is 11.3 Å². The van der Waals surface area contributed by atoms with Crippen LogP contribution in [0.15, 0.2) is 24.3 Å². The minimum Gasteiger partial charge on any atom is -0.264 e. The van der Waals surface area contributed by atoms with Crippen molar-refractivity contribution >= 4 is 5.69 Å². The molecule has 0 N–H and O–H groups in total. The van der Waals surface area contributed by atoms with E-state index in [1.54, 1.807) is 0 Å². The molecule has 17 heavy (non-hydrogen) atoms. The van der Waals surface area contributed by atoms with E-state index in [0.717, 1.165) is 24.3 Å². The zero-order valence-corrected chi connectivity index (χ0v) is 8.38. The molecular formula is C8H7N3O6. The predicted molar refractivity (Wildman–Crippen MR) is 54.7 cm³/mol. The number of non-ortho nitro benzene ring substituents is 1. The van der Waals surface area contributed by atoms with Gasteiger partial charge in [-0.05, 0) is 12.1 Å². The van der Waals surface area contributed by atoms with Gasteiger partial charge in [0.05, 0.1) is 4.92 Å². The molecule has 0 spiro atoms. The Kier molecular flexibility index (Phi) is 3.65. The average Bonchev–Trinajstić information content (AvgIpc) is 2.25. The second-order valence-electron chi connectivity index (χ2n) is 3.17. The van der Waals surface area contributed by atoms with Gasteiger partial charge in [0.15, 0.2) is 0 Å². The Bertz CT molecular complexity index is 457. The fraction of sp³-hybridized carbons (Fsp3) is 0.250. The standard InChI is InChI=1S/C8H7N3O6/c12-9(13)5-8(11(16)17)6-1-3-7(4-2-6)10(14)15/h1-4,8H,5H2/i9+1,11+1. The average molecular weight is 243 g/mol. The monoisotopic (exact) mass is 243 g/mol. The van der Waals surface area contributed by atoms with Gasteiger partial charge in [0.2, 0.25) is 0 Å².